The van der Waals surface area contributed by atoms with E-state index in [4.69, 9.17) is 4.74 Å². The number of nitrogens with zero attached hydrogens (tertiary/aromatic N) is 2. The number of nitrogens with one attached hydrogen (secondary N) is 1. The summed E-state index contributed by atoms with van der Waals surface area (Å²) in [5, 5.41) is 3.74. The zero-order valence-corrected chi connectivity index (χ0v) is 12.9. The molecule has 21 heavy (non-hydrogen) atoms. The van der Waals surface area contributed by atoms with Gasteiger partial charge in [-0.25, -0.2) is 4.98 Å². The van der Waals surface area contributed by atoms with E-state index in [9.17, 15) is 0 Å². The Labute approximate surface area is 126 Å². The molecule has 2 aromatic rings. The van der Waals surface area contributed by atoms with Crippen molar-refractivity contribution in [2.45, 2.75) is 51.4 Å². The Morgan fingerprint density at radius 1 is 1.43 bits per heavy atom. The topological polar surface area (TPSA) is 39.1 Å². The molecule has 0 fully saturated rings. The van der Waals surface area contributed by atoms with E-state index < -0.39 is 0 Å². The fraction of sp³-hybridized carbons (Fsp3) is 0.471. The van der Waals surface area contributed by atoms with E-state index in [-0.39, 0.29) is 5.60 Å². The molecule has 2 unspecified atom stereocenters. The van der Waals surface area contributed by atoms with Gasteiger partial charge in [-0.3, -0.25) is 0 Å². The van der Waals surface area contributed by atoms with E-state index in [1.54, 1.807) is 0 Å². The Kier molecular flexibility index (Phi) is 3.72. The summed E-state index contributed by atoms with van der Waals surface area (Å²) in [5.74, 6) is 1.00. The van der Waals surface area contributed by atoms with Gasteiger partial charge in [-0.1, -0.05) is 18.2 Å². The van der Waals surface area contributed by atoms with Gasteiger partial charge in [0, 0.05) is 43.0 Å². The first kappa shape index (κ1) is 14.1. The van der Waals surface area contributed by atoms with E-state index in [1.807, 2.05) is 24.8 Å². The molecule has 0 radical (unpaired) electrons. The minimum Gasteiger partial charge on any atom is -0.487 e. The standard InChI is InChI=1S/C17H23N3O/c1-13(11-20-9-8-18-12-20)19-15-10-17(2,3)21-16-7-5-4-6-14(15)16/h4-9,12-13,15,19H,10-11H2,1-3H3. The number of benzene rings is 1. The number of hydrogen-bond acceptors (Lipinski definition) is 3. The van der Waals surface area contributed by atoms with E-state index in [0.717, 1.165) is 18.7 Å². The van der Waals surface area contributed by atoms with Crippen molar-refractivity contribution in [2.75, 3.05) is 0 Å². The van der Waals surface area contributed by atoms with Crippen LogP contribution in [0.15, 0.2) is 43.0 Å². The highest BCUT2D eigenvalue weighted by Crippen LogP contribution is 2.39. The quantitative estimate of drug-likeness (QED) is 0.938. The third-order valence-electron chi connectivity index (χ3n) is 3.91. The van der Waals surface area contributed by atoms with Crippen LogP contribution in [0.1, 0.15) is 38.8 Å². The van der Waals surface area contributed by atoms with Gasteiger partial charge in [0.25, 0.3) is 0 Å². The highest BCUT2D eigenvalue weighted by Gasteiger charge is 2.33. The van der Waals surface area contributed by atoms with Crippen molar-refractivity contribution in [3.8, 4) is 5.75 Å². The summed E-state index contributed by atoms with van der Waals surface area (Å²) < 4.78 is 8.19. The van der Waals surface area contributed by atoms with Crippen molar-refractivity contribution < 1.29 is 4.74 Å². The summed E-state index contributed by atoms with van der Waals surface area (Å²) in [5.41, 5.74) is 1.12. The first-order chi connectivity index (χ1) is 10.0. The smallest absolute Gasteiger partial charge is 0.124 e. The van der Waals surface area contributed by atoms with Gasteiger partial charge in [0.05, 0.1) is 6.33 Å². The summed E-state index contributed by atoms with van der Waals surface area (Å²) in [6, 6.07) is 9.02. The first-order valence-corrected chi connectivity index (χ1v) is 7.53. The van der Waals surface area contributed by atoms with Crippen LogP contribution in [0.2, 0.25) is 0 Å². The molecule has 0 aliphatic carbocycles. The van der Waals surface area contributed by atoms with Crippen molar-refractivity contribution in [3.63, 3.8) is 0 Å². The highest BCUT2D eigenvalue weighted by atomic mass is 16.5. The molecule has 1 aromatic carbocycles. The summed E-state index contributed by atoms with van der Waals surface area (Å²) in [6.45, 7) is 7.43. The lowest BCUT2D eigenvalue weighted by molar-refractivity contribution is 0.0636. The molecule has 1 N–H and O–H groups in total. The normalized spacial score (nSPS) is 21.4. The first-order valence-electron chi connectivity index (χ1n) is 7.53. The van der Waals surface area contributed by atoms with Gasteiger partial charge in [-0.15, -0.1) is 0 Å². The molecule has 1 aliphatic heterocycles. The van der Waals surface area contributed by atoms with Gasteiger partial charge in [0.2, 0.25) is 0 Å². The molecule has 1 aromatic heterocycles. The maximum absolute atomic E-state index is 6.08. The van der Waals surface area contributed by atoms with Gasteiger partial charge in [-0.2, -0.15) is 0 Å². The largest absolute Gasteiger partial charge is 0.487 e. The van der Waals surface area contributed by atoms with E-state index >= 15 is 0 Å². The van der Waals surface area contributed by atoms with Crippen LogP contribution in [0.5, 0.6) is 5.75 Å². The molecule has 1 aliphatic rings. The van der Waals surface area contributed by atoms with Crippen LogP contribution >= 0.6 is 0 Å². The number of fused-ring (bicyclic) bond motifs is 1. The number of rotatable bonds is 4. The predicted octanol–water partition coefficient (Wildman–Crippen LogP) is 3.16. The molecule has 4 nitrogen and oxygen atoms in total. The molecular formula is C17H23N3O. The van der Waals surface area contributed by atoms with Crippen LogP contribution in [0.3, 0.4) is 0 Å². The van der Waals surface area contributed by atoms with Gasteiger partial charge < -0.3 is 14.6 Å². The second-order valence-corrected chi connectivity index (χ2v) is 6.48. The van der Waals surface area contributed by atoms with Crippen molar-refractivity contribution >= 4 is 0 Å². The Bertz CT molecular complexity index is 592. The van der Waals surface area contributed by atoms with Gasteiger partial charge in [-0.05, 0) is 26.8 Å². The van der Waals surface area contributed by atoms with Crippen molar-refractivity contribution in [1.29, 1.82) is 0 Å². The van der Waals surface area contributed by atoms with Gasteiger partial charge in [0.15, 0.2) is 0 Å². The van der Waals surface area contributed by atoms with Gasteiger partial charge >= 0.3 is 0 Å². The zero-order chi connectivity index (χ0) is 14.9. The monoisotopic (exact) mass is 285 g/mol. The van der Waals surface area contributed by atoms with E-state index in [1.165, 1.54) is 5.56 Å². The Morgan fingerprint density at radius 3 is 3.00 bits per heavy atom. The third-order valence-corrected chi connectivity index (χ3v) is 3.91. The van der Waals surface area contributed by atoms with Crippen LogP contribution in [-0.2, 0) is 6.54 Å². The summed E-state index contributed by atoms with van der Waals surface area (Å²) >= 11 is 0. The second kappa shape index (κ2) is 5.53. The molecule has 0 saturated carbocycles. The molecule has 0 bridgehead atoms. The Balaban J connectivity index is 1.75. The SMILES string of the molecule is CC(Cn1ccnc1)NC1CC(C)(C)Oc2ccccc21. The number of hydrogen-bond donors (Lipinski definition) is 1. The molecule has 0 spiro atoms. The van der Waals surface area contributed by atoms with Crippen LogP contribution in [0.4, 0.5) is 0 Å². The third kappa shape index (κ3) is 3.27. The lowest BCUT2D eigenvalue weighted by Crippen LogP contribution is -2.42. The number of aromatic nitrogens is 2. The fourth-order valence-corrected chi connectivity index (χ4v) is 3.06. The molecule has 4 heteroatoms. The maximum atomic E-state index is 6.08. The predicted molar refractivity (Wildman–Crippen MR) is 83.3 cm³/mol. The number of ether oxygens (including phenoxy) is 1. The maximum Gasteiger partial charge on any atom is 0.124 e. The van der Waals surface area contributed by atoms with Crippen LogP contribution < -0.4 is 10.1 Å². The van der Waals surface area contributed by atoms with Crippen LogP contribution in [-0.4, -0.2) is 21.2 Å². The molecular weight excluding hydrogens is 262 g/mol. The molecule has 3 rings (SSSR count). The average Bonchev–Trinajstić information content (AvgIpc) is 2.90. The zero-order valence-electron chi connectivity index (χ0n) is 12.9. The van der Waals surface area contributed by atoms with Crippen LogP contribution in [0, 0.1) is 0 Å². The van der Waals surface area contributed by atoms with E-state index in [2.05, 4.69) is 53.8 Å². The molecule has 0 saturated heterocycles. The second-order valence-electron chi connectivity index (χ2n) is 6.48. The minimum absolute atomic E-state index is 0.138. The Hall–Kier alpha value is -1.81. The van der Waals surface area contributed by atoms with Crippen LogP contribution in [0.25, 0.3) is 0 Å². The molecule has 2 atom stereocenters. The van der Waals surface area contributed by atoms with Crippen molar-refractivity contribution in [1.82, 2.24) is 14.9 Å². The van der Waals surface area contributed by atoms with Crippen molar-refractivity contribution in [2.24, 2.45) is 0 Å². The fourth-order valence-electron chi connectivity index (χ4n) is 3.06. The lowest BCUT2D eigenvalue weighted by atomic mass is 9.89. The lowest BCUT2D eigenvalue weighted by Gasteiger charge is -2.39. The average molecular weight is 285 g/mol. The summed E-state index contributed by atoms with van der Waals surface area (Å²) in [7, 11) is 0. The minimum atomic E-state index is -0.138. The van der Waals surface area contributed by atoms with Gasteiger partial charge in [0.1, 0.15) is 11.4 Å². The molecule has 2 heterocycles. The van der Waals surface area contributed by atoms with Crippen molar-refractivity contribution in [3.05, 3.63) is 48.5 Å². The van der Waals surface area contributed by atoms with E-state index in [0.29, 0.717) is 12.1 Å². The highest BCUT2D eigenvalue weighted by molar-refractivity contribution is 5.38. The molecule has 112 valence electrons. The number of para-hydroxylation sites is 1. The number of imidazole rings is 1. The molecule has 0 amide bonds. The summed E-state index contributed by atoms with van der Waals surface area (Å²) in [4.78, 5) is 4.10. The summed E-state index contributed by atoms with van der Waals surface area (Å²) in [6.07, 6.45) is 6.65. The Morgan fingerprint density at radius 2 is 2.24 bits per heavy atom.